The van der Waals surface area contributed by atoms with Crippen molar-refractivity contribution in [1.82, 2.24) is 10.8 Å². The van der Waals surface area contributed by atoms with Crippen molar-refractivity contribution in [1.29, 1.82) is 0 Å². The van der Waals surface area contributed by atoms with Gasteiger partial charge in [-0.15, -0.1) is 0 Å². The van der Waals surface area contributed by atoms with Crippen LogP contribution in [0.1, 0.15) is 42.6 Å². The number of nitrogens with one attached hydrogen (secondary N) is 2. The molecule has 0 unspecified atom stereocenters. The third kappa shape index (κ3) is 5.65. The normalized spacial score (nSPS) is 14.2. The van der Waals surface area contributed by atoms with Gasteiger partial charge in [-0.2, -0.15) is 0 Å². The Bertz CT molecular complexity index is 766. The Morgan fingerprint density at radius 2 is 1.84 bits per heavy atom. The molecule has 2 amide bonds. The summed E-state index contributed by atoms with van der Waals surface area (Å²) < 4.78 is 0. The summed E-state index contributed by atoms with van der Waals surface area (Å²) in [4.78, 5) is 23.8. The van der Waals surface area contributed by atoms with Gasteiger partial charge in [0.25, 0.3) is 11.8 Å². The third-order valence-corrected chi connectivity index (χ3v) is 3.62. The number of amides is 2. The van der Waals surface area contributed by atoms with Crippen molar-refractivity contribution in [3.63, 3.8) is 0 Å². The maximum absolute atomic E-state index is 12.2. The van der Waals surface area contributed by atoms with E-state index < -0.39 is 23.5 Å². The molecular formula is C19H20N2O4. The monoisotopic (exact) mass is 340 g/mol. The van der Waals surface area contributed by atoms with Crippen LogP contribution in [0.15, 0.2) is 24.3 Å². The van der Waals surface area contributed by atoms with E-state index in [1.807, 2.05) is 0 Å². The molecule has 4 N–H and O–H groups in total. The Kier molecular flexibility index (Phi) is 5.82. The van der Waals surface area contributed by atoms with E-state index in [9.17, 15) is 14.7 Å². The highest BCUT2D eigenvalue weighted by Gasteiger charge is 2.34. The predicted octanol–water partition coefficient (Wildman–Crippen LogP) is 0.826. The van der Waals surface area contributed by atoms with Crippen LogP contribution in [0.4, 0.5) is 0 Å². The standard InChI is InChI=1S/C19H20N2O4/c1-19(2,24)16(18(23)21-25)20-17(22)15-11-9-14(10-12-15)6-4-3-5-13-7-8-13/h9-13,16,24-25H,7-8H2,1-2H3,(H,20,22)(H,21,23)/t16-/m1/s1. The number of aliphatic hydroxyl groups is 1. The lowest BCUT2D eigenvalue weighted by atomic mass is 9.97. The van der Waals surface area contributed by atoms with Gasteiger partial charge in [0.05, 0.1) is 5.60 Å². The molecule has 0 aliphatic heterocycles. The predicted molar refractivity (Wildman–Crippen MR) is 91.3 cm³/mol. The molecule has 2 rings (SSSR count). The average Bonchev–Trinajstić information content (AvgIpc) is 3.39. The first-order valence-corrected chi connectivity index (χ1v) is 7.90. The second kappa shape index (κ2) is 7.85. The highest BCUT2D eigenvalue weighted by molar-refractivity contribution is 5.97. The van der Waals surface area contributed by atoms with Crippen LogP contribution in [0.25, 0.3) is 0 Å². The van der Waals surface area contributed by atoms with Crippen LogP contribution < -0.4 is 10.8 Å². The van der Waals surface area contributed by atoms with Crippen molar-refractivity contribution in [2.45, 2.75) is 38.3 Å². The molecule has 0 radical (unpaired) electrons. The second-order valence-electron chi connectivity index (χ2n) is 6.41. The van der Waals surface area contributed by atoms with Crippen molar-refractivity contribution in [2.75, 3.05) is 0 Å². The number of carbonyl (C=O) groups is 2. The van der Waals surface area contributed by atoms with Gasteiger partial charge in [-0.3, -0.25) is 14.8 Å². The molecule has 0 saturated heterocycles. The molecule has 25 heavy (non-hydrogen) atoms. The third-order valence-electron chi connectivity index (χ3n) is 3.62. The highest BCUT2D eigenvalue weighted by atomic mass is 16.5. The largest absolute Gasteiger partial charge is 0.388 e. The molecular weight excluding hydrogens is 320 g/mol. The van der Waals surface area contributed by atoms with E-state index in [-0.39, 0.29) is 0 Å². The minimum absolute atomic E-state index is 0.301. The van der Waals surface area contributed by atoms with Crippen LogP contribution in [0, 0.1) is 29.6 Å². The Hall–Kier alpha value is -2.80. The molecule has 1 aliphatic carbocycles. The van der Waals surface area contributed by atoms with Crippen LogP contribution in [0.5, 0.6) is 0 Å². The number of benzene rings is 1. The topological polar surface area (TPSA) is 98.7 Å². The SMILES string of the molecule is CC(C)(O)[C@H](NC(=O)c1ccc(C#CC#CC2CC2)cc1)C(=O)NO. The summed E-state index contributed by atoms with van der Waals surface area (Å²) in [6, 6.07) is 5.16. The molecule has 6 heteroatoms. The van der Waals surface area contributed by atoms with E-state index in [1.165, 1.54) is 19.3 Å². The minimum atomic E-state index is -1.55. The molecule has 1 atom stereocenters. The van der Waals surface area contributed by atoms with Gasteiger partial charge in [0.15, 0.2) is 0 Å². The van der Waals surface area contributed by atoms with E-state index in [2.05, 4.69) is 29.0 Å². The Labute approximate surface area is 146 Å². The van der Waals surface area contributed by atoms with Crippen molar-refractivity contribution in [2.24, 2.45) is 5.92 Å². The van der Waals surface area contributed by atoms with E-state index in [0.717, 1.165) is 12.8 Å². The number of hydrogen-bond acceptors (Lipinski definition) is 4. The number of carbonyl (C=O) groups excluding carboxylic acids is 2. The number of hydrogen-bond donors (Lipinski definition) is 4. The van der Waals surface area contributed by atoms with Gasteiger partial charge in [-0.1, -0.05) is 11.8 Å². The fraction of sp³-hybridized carbons (Fsp3) is 0.368. The zero-order valence-corrected chi connectivity index (χ0v) is 14.1. The summed E-state index contributed by atoms with van der Waals surface area (Å²) in [6.07, 6.45) is 2.30. The van der Waals surface area contributed by atoms with Crippen molar-refractivity contribution in [3.05, 3.63) is 35.4 Å². The van der Waals surface area contributed by atoms with Crippen molar-refractivity contribution in [3.8, 4) is 23.7 Å². The zero-order chi connectivity index (χ0) is 18.4. The molecule has 1 fully saturated rings. The molecule has 0 aromatic heterocycles. The molecule has 1 saturated carbocycles. The van der Waals surface area contributed by atoms with Gasteiger partial charge in [-0.25, -0.2) is 5.48 Å². The van der Waals surface area contributed by atoms with E-state index in [1.54, 1.807) is 24.3 Å². The quantitative estimate of drug-likeness (QED) is 0.371. The average molecular weight is 340 g/mol. The number of hydroxylamine groups is 1. The first kappa shape index (κ1) is 18.5. The van der Waals surface area contributed by atoms with E-state index in [4.69, 9.17) is 5.21 Å². The van der Waals surface area contributed by atoms with Crippen LogP contribution in [0.2, 0.25) is 0 Å². The Morgan fingerprint density at radius 3 is 2.36 bits per heavy atom. The van der Waals surface area contributed by atoms with E-state index >= 15 is 0 Å². The molecule has 1 aliphatic rings. The summed E-state index contributed by atoms with van der Waals surface area (Å²) in [5.74, 6) is 10.6. The van der Waals surface area contributed by atoms with Gasteiger partial charge in [0, 0.05) is 17.0 Å². The van der Waals surface area contributed by atoms with Gasteiger partial charge in [0.2, 0.25) is 0 Å². The molecule has 1 aromatic rings. The van der Waals surface area contributed by atoms with Gasteiger partial charge < -0.3 is 10.4 Å². The summed E-state index contributed by atoms with van der Waals surface area (Å²) in [6.45, 7) is 2.71. The first-order chi connectivity index (χ1) is 11.8. The van der Waals surface area contributed by atoms with Crippen LogP contribution in [-0.4, -0.2) is 33.8 Å². The minimum Gasteiger partial charge on any atom is -0.388 e. The maximum atomic E-state index is 12.2. The van der Waals surface area contributed by atoms with Crippen molar-refractivity contribution >= 4 is 11.8 Å². The fourth-order valence-electron chi connectivity index (χ4n) is 2.02. The molecule has 6 nitrogen and oxygen atoms in total. The summed E-state index contributed by atoms with van der Waals surface area (Å²) in [7, 11) is 0. The van der Waals surface area contributed by atoms with Gasteiger partial charge in [-0.05, 0) is 62.8 Å². The lowest BCUT2D eigenvalue weighted by molar-refractivity contribution is -0.136. The zero-order valence-electron chi connectivity index (χ0n) is 14.1. The van der Waals surface area contributed by atoms with Crippen LogP contribution >= 0.6 is 0 Å². The van der Waals surface area contributed by atoms with Crippen LogP contribution in [-0.2, 0) is 4.79 Å². The van der Waals surface area contributed by atoms with E-state index in [0.29, 0.717) is 17.0 Å². The summed E-state index contributed by atoms with van der Waals surface area (Å²) in [5.41, 5.74) is 0.903. The lowest BCUT2D eigenvalue weighted by Gasteiger charge is -2.28. The molecule has 0 bridgehead atoms. The summed E-state index contributed by atoms with van der Waals surface area (Å²) >= 11 is 0. The summed E-state index contributed by atoms with van der Waals surface area (Å²) in [5, 5.41) is 21.1. The van der Waals surface area contributed by atoms with Gasteiger partial charge >= 0.3 is 0 Å². The van der Waals surface area contributed by atoms with Gasteiger partial charge in [0.1, 0.15) is 6.04 Å². The Balaban J connectivity index is 2.04. The maximum Gasteiger partial charge on any atom is 0.268 e. The molecule has 0 heterocycles. The smallest absolute Gasteiger partial charge is 0.268 e. The fourth-order valence-corrected chi connectivity index (χ4v) is 2.02. The molecule has 130 valence electrons. The number of rotatable bonds is 4. The lowest BCUT2D eigenvalue weighted by Crippen LogP contribution is -2.57. The molecule has 0 spiro atoms. The van der Waals surface area contributed by atoms with Crippen LogP contribution in [0.3, 0.4) is 0 Å². The second-order valence-corrected chi connectivity index (χ2v) is 6.41. The van der Waals surface area contributed by atoms with Crippen molar-refractivity contribution < 1.29 is 19.9 Å². The Morgan fingerprint density at radius 1 is 1.20 bits per heavy atom. The highest BCUT2D eigenvalue weighted by Crippen LogP contribution is 2.27. The first-order valence-electron chi connectivity index (χ1n) is 7.90. The molecule has 1 aromatic carbocycles.